The van der Waals surface area contributed by atoms with Gasteiger partial charge in [-0.3, -0.25) is 9.69 Å². The van der Waals surface area contributed by atoms with Crippen LogP contribution < -0.4 is 15.4 Å². The first-order chi connectivity index (χ1) is 14.0. The number of hydrogen-bond donors (Lipinski definition) is 2. The molecule has 6 nitrogen and oxygen atoms in total. The van der Waals surface area contributed by atoms with Gasteiger partial charge in [0.1, 0.15) is 11.6 Å². The van der Waals surface area contributed by atoms with E-state index in [0.29, 0.717) is 28.3 Å². The first-order valence-corrected chi connectivity index (χ1v) is 9.50. The van der Waals surface area contributed by atoms with Gasteiger partial charge in [0, 0.05) is 11.7 Å². The lowest BCUT2D eigenvalue weighted by atomic mass is 9.94. The number of carbonyl (C=O) groups excluding carboxylic acids is 2. The minimum absolute atomic E-state index is 0.0949. The topological polar surface area (TPSA) is 70.7 Å². The van der Waals surface area contributed by atoms with Gasteiger partial charge >= 0.3 is 6.03 Å². The second-order valence-corrected chi connectivity index (χ2v) is 7.19. The Hall–Kier alpha value is -3.35. The zero-order valence-corrected chi connectivity index (χ0v) is 16.2. The quantitative estimate of drug-likeness (QED) is 0.805. The van der Waals surface area contributed by atoms with Gasteiger partial charge in [0.2, 0.25) is 0 Å². The Labute approximate surface area is 168 Å². The van der Waals surface area contributed by atoms with Crippen molar-refractivity contribution in [1.82, 2.24) is 10.2 Å². The summed E-state index contributed by atoms with van der Waals surface area (Å²) in [5.41, 5.74) is 2.00. The Morgan fingerprint density at radius 3 is 2.66 bits per heavy atom. The number of para-hydroxylation sites is 2. The van der Waals surface area contributed by atoms with Crippen molar-refractivity contribution in [1.29, 1.82) is 0 Å². The number of nitrogens with one attached hydrogen (secondary N) is 2. The van der Waals surface area contributed by atoms with Crippen LogP contribution in [0, 0.1) is 5.82 Å². The molecule has 1 aliphatic carbocycles. The summed E-state index contributed by atoms with van der Waals surface area (Å²) in [6, 6.07) is 12.1. The lowest BCUT2D eigenvalue weighted by Gasteiger charge is -2.36. The molecule has 2 aromatic carbocycles. The summed E-state index contributed by atoms with van der Waals surface area (Å²) in [6.45, 7) is 1.76. The van der Waals surface area contributed by atoms with Crippen LogP contribution in [0.1, 0.15) is 31.4 Å². The number of anilines is 1. The molecule has 4 rings (SSSR count). The molecule has 0 radical (unpaired) electrons. The summed E-state index contributed by atoms with van der Waals surface area (Å²) >= 11 is 0. The van der Waals surface area contributed by atoms with Crippen molar-refractivity contribution in [3.05, 3.63) is 71.2 Å². The minimum atomic E-state index is -0.747. The highest BCUT2D eigenvalue weighted by Gasteiger charge is 2.42. The predicted octanol–water partition coefficient (Wildman–Crippen LogP) is 3.98. The first kappa shape index (κ1) is 19.0. The lowest BCUT2D eigenvalue weighted by Crippen LogP contribution is -2.49. The minimum Gasteiger partial charge on any atom is -0.495 e. The Morgan fingerprint density at radius 1 is 1.21 bits per heavy atom. The zero-order valence-electron chi connectivity index (χ0n) is 16.2. The molecule has 2 aromatic rings. The molecule has 7 heteroatoms. The van der Waals surface area contributed by atoms with E-state index < -0.39 is 11.9 Å². The van der Waals surface area contributed by atoms with E-state index in [1.54, 1.807) is 42.2 Å². The van der Waals surface area contributed by atoms with Gasteiger partial charge in [-0.05, 0) is 49.6 Å². The number of amides is 3. The van der Waals surface area contributed by atoms with Gasteiger partial charge in [-0.2, -0.15) is 0 Å². The third-order valence-electron chi connectivity index (χ3n) is 5.22. The second kappa shape index (κ2) is 7.58. The van der Waals surface area contributed by atoms with Crippen LogP contribution in [0.3, 0.4) is 0 Å². The van der Waals surface area contributed by atoms with Crippen molar-refractivity contribution in [3.63, 3.8) is 0 Å². The van der Waals surface area contributed by atoms with Gasteiger partial charge < -0.3 is 15.4 Å². The number of nitrogens with zero attached hydrogens (tertiary/aromatic N) is 1. The van der Waals surface area contributed by atoms with Crippen LogP contribution in [-0.2, 0) is 4.79 Å². The third kappa shape index (κ3) is 3.68. The van der Waals surface area contributed by atoms with Gasteiger partial charge in [0.15, 0.2) is 0 Å². The molecular formula is C22H22FN3O3. The molecule has 1 heterocycles. The van der Waals surface area contributed by atoms with Crippen LogP contribution in [0.4, 0.5) is 14.9 Å². The number of ether oxygens (including phenoxy) is 1. The largest absolute Gasteiger partial charge is 0.495 e. The van der Waals surface area contributed by atoms with Crippen molar-refractivity contribution < 1.29 is 18.7 Å². The maximum Gasteiger partial charge on any atom is 0.322 e. The molecule has 1 atom stereocenters. The number of hydrogen-bond acceptors (Lipinski definition) is 3. The van der Waals surface area contributed by atoms with E-state index in [1.165, 1.54) is 19.2 Å². The number of rotatable bonds is 5. The summed E-state index contributed by atoms with van der Waals surface area (Å²) in [5, 5.41) is 5.75. The average Bonchev–Trinajstić information content (AvgIpc) is 3.53. The van der Waals surface area contributed by atoms with E-state index in [4.69, 9.17) is 4.74 Å². The molecule has 3 amide bonds. The summed E-state index contributed by atoms with van der Waals surface area (Å²) in [4.78, 5) is 27.7. The molecule has 1 unspecified atom stereocenters. The third-order valence-corrected chi connectivity index (χ3v) is 5.22. The maximum atomic E-state index is 13.8. The molecule has 150 valence electrons. The van der Waals surface area contributed by atoms with Crippen LogP contribution in [-0.4, -0.2) is 30.0 Å². The van der Waals surface area contributed by atoms with E-state index in [0.717, 1.165) is 12.8 Å². The zero-order chi connectivity index (χ0) is 20.5. The van der Waals surface area contributed by atoms with Gasteiger partial charge in [0.05, 0.1) is 24.4 Å². The predicted molar refractivity (Wildman–Crippen MR) is 107 cm³/mol. The molecule has 2 N–H and O–H groups in total. The fourth-order valence-corrected chi connectivity index (χ4v) is 3.70. The fraction of sp³-hybridized carbons (Fsp3) is 0.273. The van der Waals surface area contributed by atoms with Gasteiger partial charge in [-0.25, -0.2) is 9.18 Å². The highest BCUT2D eigenvalue weighted by Crippen LogP contribution is 2.38. The van der Waals surface area contributed by atoms with E-state index in [2.05, 4.69) is 10.6 Å². The number of allylic oxidation sites excluding steroid dienone is 1. The molecule has 0 spiro atoms. The Kier molecular flexibility index (Phi) is 4.96. The lowest BCUT2D eigenvalue weighted by molar-refractivity contribution is -0.113. The standard InChI is InChI=1S/C22H22FN3O3/c1-13-19(21(27)24-17-8-3-4-9-18(17)29-2)20(14-6-5-7-15(23)12-14)25-22(28)26(13)16-10-11-16/h3-9,12,16,20H,10-11H2,1-2H3,(H,24,27)(H,25,28). The number of halogens is 1. The van der Waals surface area contributed by atoms with Gasteiger partial charge in [-0.15, -0.1) is 0 Å². The van der Waals surface area contributed by atoms with Gasteiger partial charge in [-0.1, -0.05) is 24.3 Å². The van der Waals surface area contributed by atoms with E-state index in [9.17, 15) is 14.0 Å². The smallest absolute Gasteiger partial charge is 0.322 e. The molecule has 0 saturated heterocycles. The molecule has 29 heavy (non-hydrogen) atoms. The molecule has 1 fully saturated rings. The van der Waals surface area contributed by atoms with Gasteiger partial charge in [0.25, 0.3) is 5.91 Å². The number of methoxy groups -OCH3 is 1. The normalized spacial score (nSPS) is 19.1. The first-order valence-electron chi connectivity index (χ1n) is 9.50. The second-order valence-electron chi connectivity index (χ2n) is 7.19. The van der Waals surface area contributed by atoms with Crippen LogP contribution in [0.25, 0.3) is 0 Å². The molecule has 1 aliphatic heterocycles. The monoisotopic (exact) mass is 395 g/mol. The summed E-state index contributed by atoms with van der Waals surface area (Å²) in [6.07, 6.45) is 1.80. The highest BCUT2D eigenvalue weighted by molar-refractivity contribution is 6.07. The van der Waals surface area contributed by atoms with Crippen molar-refractivity contribution in [2.24, 2.45) is 0 Å². The Bertz CT molecular complexity index is 1000. The van der Waals surface area contributed by atoms with Crippen LogP contribution in [0.15, 0.2) is 59.8 Å². The van der Waals surface area contributed by atoms with Crippen molar-refractivity contribution in [3.8, 4) is 5.75 Å². The summed E-state index contributed by atoms with van der Waals surface area (Å²) in [7, 11) is 1.53. The molecule has 1 saturated carbocycles. The maximum absolute atomic E-state index is 13.8. The number of carbonyl (C=O) groups is 2. The van der Waals surface area contributed by atoms with Crippen molar-refractivity contribution in [2.75, 3.05) is 12.4 Å². The average molecular weight is 395 g/mol. The summed E-state index contributed by atoms with van der Waals surface area (Å²) < 4.78 is 19.2. The SMILES string of the molecule is COc1ccccc1NC(=O)C1=C(C)N(C2CC2)C(=O)NC1c1cccc(F)c1. The fourth-order valence-electron chi connectivity index (χ4n) is 3.70. The van der Waals surface area contributed by atoms with E-state index in [-0.39, 0.29) is 18.0 Å². The van der Waals surface area contributed by atoms with Crippen LogP contribution in [0.5, 0.6) is 5.75 Å². The Morgan fingerprint density at radius 2 is 1.97 bits per heavy atom. The molecule has 0 aromatic heterocycles. The van der Waals surface area contributed by atoms with Crippen molar-refractivity contribution >= 4 is 17.6 Å². The highest BCUT2D eigenvalue weighted by atomic mass is 19.1. The molecular weight excluding hydrogens is 373 g/mol. The Balaban J connectivity index is 1.75. The van der Waals surface area contributed by atoms with Crippen molar-refractivity contribution in [2.45, 2.75) is 31.8 Å². The number of urea groups is 1. The van der Waals surface area contributed by atoms with Crippen LogP contribution >= 0.6 is 0 Å². The van der Waals surface area contributed by atoms with Crippen LogP contribution in [0.2, 0.25) is 0 Å². The van der Waals surface area contributed by atoms with E-state index in [1.807, 2.05) is 6.07 Å². The number of benzene rings is 2. The van der Waals surface area contributed by atoms with E-state index >= 15 is 0 Å². The summed E-state index contributed by atoms with van der Waals surface area (Å²) in [5.74, 6) is -0.268. The molecule has 0 bridgehead atoms. The molecule has 2 aliphatic rings.